The van der Waals surface area contributed by atoms with Gasteiger partial charge in [-0.05, 0) is 54.4 Å². The Kier molecular flexibility index (Phi) is 5.68. The van der Waals surface area contributed by atoms with Crippen molar-refractivity contribution in [3.8, 4) is 5.69 Å². The van der Waals surface area contributed by atoms with Crippen LogP contribution in [0.25, 0.3) is 5.69 Å². The number of sulfonamides is 1. The number of carbonyl (C=O) groups is 1. The number of nitrogens with one attached hydrogen (secondary N) is 2. The minimum Gasteiger partial charge on any atom is -0.326 e. The standard InChI is InChI=1S/C19H20N4O3S/c1-15(24)22-17-5-9-19(10-6-17)27(25,26)21-13-11-16-3-7-18(8-4-16)23-14-2-12-20-23/h2-10,12,14,21H,11,13H2,1H3,(H,22,24). The smallest absolute Gasteiger partial charge is 0.240 e. The van der Waals surface area contributed by atoms with E-state index < -0.39 is 10.0 Å². The van der Waals surface area contributed by atoms with Gasteiger partial charge in [0.1, 0.15) is 0 Å². The summed E-state index contributed by atoms with van der Waals surface area (Å²) in [7, 11) is -3.60. The minimum atomic E-state index is -3.60. The summed E-state index contributed by atoms with van der Waals surface area (Å²) in [5, 5.41) is 6.77. The van der Waals surface area contributed by atoms with Crippen LogP contribution in [-0.4, -0.2) is 30.7 Å². The number of aromatic nitrogens is 2. The molecule has 3 rings (SSSR count). The third-order valence-corrected chi connectivity index (χ3v) is 5.37. The molecule has 0 bridgehead atoms. The highest BCUT2D eigenvalue weighted by atomic mass is 32.2. The topological polar surface area (TPSA) is 93.1 Å². The Labute approximate surface area is 158 Å². The van der Waals surface area contributed by atoms with E-state index in [2.05, 4.69) is 15.1 Å². The van der Waals surface area contributed by atoms with Crippen molar-refractivity contribution in [2.24, 2.45) is 0 Å². The van der Waals surface area contributed by atoms with Crippen LogP contribution < -0.4 is 10.0 Å². The van der Waals surface area contributed by atoms with E-state index in [4.69, 9.17) is 0 Å². The molecular weight excluding hydrogens is 364 g/mol. The molecular formula is C19H20N4O3S. The zero-order valence-corrected chi connectivity index (χ0v) is 15.6. The first-order chi connectivity index (χ1) is 12.9. The van der Waals surface area contributed by atoms with Gasteiger partial charge in [0.05, 0.1) is 10.6 Å². The number of rotatable bonds is 7. The van der Waals surface area contributed by atoms with E-state index in [1.54, 1.807) is 23.0 Å². The SMILES string of the molecule is CC(=O)Nc1ccc(S(=O)(=O)NCCc2ccc(-n3cccn3)cc2)cc1. The minimum absolute atomic E-state index is 0.158. The second-order valence-corrected chi connectivity index (χ2v) is 7.74. The summed E-state index contributed by atoms with van der Waals surface area (Å²) in [6.07, 6.45) is 4.15. The molecule has 140 valence electrons. The third-order valence-electron chi connectivity index (χ3n) is 3.90. The summed E-state index contributed by atoms with van der Waals surface area (Å²) in [5.41, 5.74) is 2.52. The molecule has 8 heteroatoms. The Bertz CT molecular complexity index is 996. The van der Waals surface area contributed by atoms with E-state index in [1.165, 1.54) is 19.1 Å². The molecule has 2 aromatic carbocycles. The van der Waals surface area contributed by atoms with Gasteiger partial charge in [-0.1, -0.05) is 12.1 Å². The third kappa shape index (κ3) is 5.02. The summed E-state index contributed by atoms with van der Waals surface area (Å²) < 4.78 is 29.1. The van der Waals surface area contributed by atoms with Crippen LogP contribution in [0.5, 0.6) is 0 Å². The number of amides is 1. The molecule has 1 aromatic heterocycles. The van der Waals surface area contributed by atoms with Crippen molar-refractivity contribution >= 4 is 21.6 Å². The van der Waals surface area contributed by atoms with Crippen LogP contribution in [0, 0.1) is 0 Å². The highest BCUT2D eigenvalue weighted by molar-refractivity contribution is 7.89. The maximum Gasteiger partial charge on any atom is 0.240 e. The first-order valence-electron chi connectivity index (χ1n) is 8.40. The Morgan fingerprint density at radius 1 is 1.07 bits per heavy atom. The summed E-state index contributed by atoms with van der Waals surface area (Å²) in [5.74, 6) is -0.206. The summed E-state index contributed by atoms with van der Waals surface area (Å²) >= 11 is 0. The molecule has 7 nitrogen and oxygen atoms in total. The van der Waals surface area contributed by atoms with Crippen LogP contribution in [0.15, 0.2) is 71.9 Å². The van der Waals surface area contributed by atoms with Gasteiger partial charge >= 0.3 is 0 Å². The summed E-state index contributed by atoms with van der Waals surface area (Å²) in [4.78, 5) is 11.2. The molecule has 1 heterocycles. The molecule has 0 aliphatic carbocycles. The highest BCUT2D eigenvalue weighted by Crippen LogP contribution is 2.14. The van der Waals surface area contributed by atoms with Gasteiger partial charge in [-0.15, -0.1) is 0 Å². The number of carbonyl (C=O) groups excluding carboxylic acids is 1. The molecule has 0 saturated heterocycles. The Balaban J connectivity index is 1.56. The van der Waals surface area contributed by atoms with E-state index in [1.807, 2.05) is 36.5 Å². The van der Waals surface area contributed by atoms with Gasteiger partial charge < -0.3 is 5.32 Å². The van der Waals surface area contributed by atoms with Gasteiger partial charge in [-0.25, -0.2) is 17.8 Å². The molecule has 0 aliphatic heterocycles. The van der Waals surface area contributed by atoms with E-state index in [0.29, 0.717) is 12.1 Å². The summed E-state index contributed by atoms with van der Waals surface area (Å²) in [6.45, 7) is 1.69. The fraction of sp³-hybridized carbons (Fsp3) is 0.158. The largest absolute Gasteiger partial charge is 0.326 e. The Morgan fingerprint density at radius 2 is 1.78 bits per heavy atom. The number of anilines is 1. The molecule has 1 amide bonds. The molecule has 0 unspecified atom stereocenters. The maximum absolute atomic E-state index is 12.4. The van der Waals surface area contributed by atoms with Crippen molar-refractivity contribution in [1.29, 1.82) is 0 Å². The predicted octanol–water partition coefficient (Wildman–Crippen LogP) is 2.35. The molecule has 0 aliphatic rings. The van der Waals surface area contributed by atoms with E-state index >= 15 is 0 Å². The molecule has 27 heavy (non-hydrogen) atoms. The zero-order valence-electron chi connectivity index (χ0n) is 14.8. The van der Waals surface area contributed by atoms with Gasteiger partial charge in [0.25, 0.3) is 0 Å². The lowest BCUT2D eigenvalue weighted by Crippen LogP contribution is -2.26. The fourth-order valence-corrected chi connectivity index (χ4v) is 3.60. The van der Waals surface area contributed by atoms with Crippen LogP contribution in [0.4, 0.5) is 5.69 Å². The van der Waals surface area contributed by atoms with Crippen molar-refractivity contribution in [2.75, 3.05) is 11.9 Å². The van der Waals surface area contributed by atoms with Gasteiger partial charge in [0.2, 0.25) is 15.9 Å². The average Bonchev–Trinajstić information content (AvgIpc) is 3.17. The van der Waals surface area contributed by atoms with E-state index in [0.717, 1.165) is 11.3 Å². The lowest BCUT2D eigenvalue weighted by molar-refractivity contribution is -0.114. The second-order valence-electron chi connectivity index (χ2n) is 5.97. The molecule has 0 saturated carbocycles. The van der Waals surface area contributed by atoms with E-state index in [9.17, 15) is 13.2 Å². The lowest BCUT2D eigenvalue weighted by Gasteiger charge is -2.09. The molecule has 0 fully saturated rings. The van der Waals surface area contributed by atoms with Crippen molar-refractivity contribution in [2.45, 2.75) is 18.2 Å². The first-order valence-corrected chi connectivity index (χ1v) is 9.89. The number of nitrogens with zero attached hydrogens (tertiary/aromatic N) is 2. The Hall–Kier alpha value is -2.97. The zero-order chi connectivity index (χ0) is 19.3. The van der Waals surface area contributed by atoms with E-state index in [-0.39, 0.29) is 17.3 Å². The normalized spacial score (nSPS) is 11.3. The van der Waals surface area contributed by atoms with Crippen molar-refractivity contribution < 1.29 is 13.2 Å². The second kappa shape index (κ2) is 8.15. The van der Waals surface area contributed by atoms with Crippen molar-refractivity contribution in [3.05, 3.63) is 72.6 Å². The summed E-state index contributed by atoms with van der Waals surface area (Å²) in [6, 6.07) is 15.7. The maximum atomic E-state index is 12.4. The van der Waals surface area contributed by atoms with Gasteiger partial charge in [0, 0.05) is 31.5 Å². The first kappa shape index (κ1) is 18.8. The van der Waals surface area contributed by atoms with Gasteiger partial charge in [0.15, 0.2) is 0 Å². The highest BCUT2D eigenvalue weighted by Gasteiger charge is 2.13. The molecule has 0 radical (unpaired) electrons. The molecule has 0 spiro atoms. The monoisotopic (exact) mass is 384 g/mol. The van der Waals surface area contributed by atoms with Crippen LogP contribution in [-0.2, 0) is 21.2 Å². The molecule has 0 atom stereocenters. The van der Waals surface area contributed by atoms with Crippen molar-refractivity contribution in [3.63, 3.8) is 0 Å². The molecule has 3 aromatic rings. The van der Waals surface area contributed by atoms with Crippen LogP contribution in [0.2, 0.25) is 0 Å². The van der Waals surface area contributed by atoms with Gasteiger partial charge in [-0.2, -0.15) is 5.10 Å². The molecule has 2 N–H and O–H groups in total. The lowest BCUT2D eigenvalue weighted by atomic mass is 10.1. The van der Waals surface area contributed by atoms with Crippen molar-refractivity contribution in [1.82, 2.24) is 14.5 Å². The van der Waals surface area contributed by atoms with Gasteiger partial charge in [-0.3, -0.25) is 4.79 Å². The number of hydrogen-bond donors (Lipinski definition) is 2. The fourth-order valence-electron chi connectivity index (χ4n) is 2.57. The average molecular weight is 384 g/mol. The number of hydrogen-bond acceptors (Lipinski definition) is 4. The van der Waals surface area contributed by atoms with Crippen LogP contribution >= 0.6 is 0 Å². The quantitative estimate of drug-likeness (QED) is 0.654. The Morgan fingerprint density at radius 3 is 2.37 bits per heavy atom. The predicted molar refractivity (Wildman–Crippen MR) is 103 cm³/mol. The number of benzene rings is 2. The van der Waals surface area contributed by atoms with Crippen LogP contribution in [0.1, 0.15) is 12.5 Å². The van der Waals surface area contributed by atoms with Crippen LogP contribution in [0.3, 0.4) is 0 Å².